The molecule has 2 atom stereocenters. The quantitative estimate of drug-likeness (QED) is 0.742. The second-order valence-corrected chi connectivity index (χ2v) is 6.45. The highest BCUT2D eigenvalue weighted by atomic mass is 16.4. The number of hydrogen-bond acceptors (Lipinski definition) is 3. The Morgan fingerprint density at radius 1 is 1.42 bits per heavy atom. The Balaban J connectivity index is 1.97. The van der Waals surface area contributed by atoms with E-state index in [9.17, 15) is 9.90 Å². The average molecular weight is 268 g/mol. The lowest BCUT2D eigenvalue weighted by Gasteiger charge is -2.42. The molecule has 0 aliphatic heterocycles. The molecule has 0 spiro atoms. The zero-order valence-corrected chi connectivity index (χ0v) is 12.3. The van der Waals surface area contributed by atoms with Gasteiger partial charge in [0.05, 0.1) is 0 Å². The fourth-order valence-corrected chi connectivity index (χ4v) is 3.27. The molecule has 0 heterocycles. The molecule has 2 aliphatic carbocycles. The van der Waals surface area contributed by atoms with E-state index in [1.807, 2.05) is 0 Å². The maximum Gasteiger partial charge on any atom is 0.323 e. The van der Waals surface area contributed by atoms with Gasteiger partial charge >= 0.3 is 5.97 Å². The molecule has 2 aliphatic rings. The monoisotopic (exact) mass is 268 g/mol. The largest absolute Gasteiger partial charge is 0.480 e. The summed E-state index contributed by atoms with van der Waals surface area (Å²) in [7, 11) is 2.17. The molecule has 0 aromatic heterocycles. The van der Waals surface area contributed by atoms with E-state index in [4.69, 9.17) is 0 Å². The number of aliphatic carboxylic acids is 1. The molecule has 0 amide bonds. The van der Waals surface area contributed by atoms with E-state index in [0.717, 1.165) is 51.1 Å². The third kappa shape index (κ3) is 3.69. The average Bonchev–Trinajstić information content (AvgIpc) is 3.20. The van der Waals surface area contributed by atoms with Gasteiger partial charge in [0.1, 0.15) is 5.54 Å². The van der Waals surface area contributed by atoms with E-state index < -0.39 is 11.5 Å². The van der Waals surface area contributed by atoms with Crippen LogP contribution in [0.2, 0.25) is 0 Å². The molecule has 2 fully saturated rings. The van der Waals surface area contributed by atoms with Gasteiger partial charge in [-0.15, -0.1) is 0 Å². The van der Waals surface area contributed by atoms with Gasteiger partial charge in [-0.3, -0.25) is 4.79 Å². The van der Waals surface area contributed by atoms with Crippen molar-refractivity contribution in [3.05, 3.63) is 0 Å². The van der Waals surface area contributed by atoms with Crippen molar-refractivity contribution in [1.82, 2.24) is 10.2 Å². The van der Waals surface area contributed by atoms with Crippen molar-refractivity contribution in [2.45, 2.75) is 63.5 Å². The van der Waals surface area contributed by atoms with Crippen LogP contribution in [0.1, 0.15) is 51.9 Å². The van der Waals surface area contributed by atoms with E-state index in [2.05, 4.69) is 24.2 Å². The zero-order valence-electron chi connectivity index (χ0n) is 12.3. The Bertz CT molecular complexity index is 317. The molecular formula is C15H28N2O2. The van der Waals surface area contributed by atoms with E-state index in [1.165, 1.54) is 12.8 Å². The van der Waals surface area contributed by atoms with Gasteiger partial charge in [0.15, 0.2) is 0 Å². The molecule has 4 nitrogen and oxygen atoms in total. The highest BCUT2D eigenvalue weighted by molar-refractivity contribution is 5.79. The Labute approximate surface area is 116 Å². The van der Waals surface area contributed by atoms with Gasteiger partial charge in [0, 0.05) is 12.6 Å². The summed E-state index contributed by atoms with van der Waals surface area (Å²) in [6, 6.07) is 0.426. The summed E-state index contributed by atoms with van der Waals surface area (Å²) in [4.78, 5) is 14.1. The minimum absolute atomic E-state index is 0.426. The predicted octanol–water partition coefficient (Wildman–Crippen LogP) is 2.09. The highest BCUT2D eigenvalue weighted by Crippen LogP contribution is 2.34. The summed E-state index contributed by atoms with van der Waals surface area (Å²) >= 11 is 0. The highest BCUT2D eigenvalue weighted by Gasteiger charge is 2.43. The van der Waals surface area contributed by atoms with Crippen LogP contribution in [0.15, 0.2) is 0 Å². The van der Waals surface area contributed by atoms with Gasteiger partial charge in [-0.2, -0.15) is 0 Å². The molecule has 4 heteroatoms. The molecule has 2 N–H and O–H groups in total. The van der Waals surface area contributed by atoms with Gasteiger partial charge in [0.25, 0.3) is 0 Å². The van der Waals surface area contributed by atoms with Crippen molar-refractivity contribution < 1.29 is 9.90 Å². The number of hydrogen-bond donors (Lipinski definition) is 2. The molecule has 19 heavy (non-hydrogen) atoms. The molecule has 2 saturated carbocycles. The lowest BCUT2D eigenvalue weighted by molar-refractivity contribution is -0.147. The maximum absolute atomic E-state index is 11.7. The van der Waals surface area contributed by atoms with Crippen LogP contribution in [-0.4, -0.2) is 47.7 Å². The summed E-state index contributed by atoms with van der Waals surface area (Å²) in [6.45, 7) is 4.03. The van der Waals surface area contributed by atoms with Crippen LogP contribution in [0.3, 0.4) is 0 Å². The summed E-state index contributed by atoms with van der Waals surface area (Å²) in [6.07, 6.45) is 7.39. The van der Waals surface area contributed by atoms with Crippen molar-refractivity contribution in [3.63, 3.8) is 0 Å². The molecular weight excluding hydrogens is 240 g/mol. The van der Waals surface area contributed by atoms with Crippen LogP contribution < -0.4 is 5.32 Å². The topological polar surface area (TPSA) is 52.6 Å². The molecule has 0 aromatic rings. The van der Waals surface area contributed by atoms with E-state index in [1.54, 1.807) is 0 Å². The number of nitrogens with one attached hydrogen (secondary N) is 1. The fraction of sp³-hybridized carbons (Fsp3) is 0.933. The first kappa shape index (κ1) is 14.8. The van der Waals surface area contributed by atoms with Crippen LogP contribution in [0.5, 0.6) is 0 Å². The van der Waals surface area contributed by atoms with Gasteiger partial charge in [-0.25, -0.2) is 0 Å². The van der Waals surface area contributed by atoms with E-state index in [0.29, 0.717) is 6.04 Å². The SMILES string of the molecule is CCCNC1(C(=O)O)CCCC(N(C)CC2CC2)C1. The van der Waals surface area contributed by atoms with Gasteiger partial charge in [0.2, 0.25) is 0 Å². The van der Waals surface area contributed by atoms with Crippen molar-refractivity contribution >= 4 is 5.97 Å². The molecule has 0 saturated heterocycles. The second-order valence-electron chi connectivity index (χ2n) is 6.45. The van der Waals surface area contributed by atoms with Crippen LogP contribution in [0.25, 0.3) is 0 Å². The summed E-state index contributed by atoms with van der Waals surface area (Å²) < 4.78 is 0. The first-order valence-electron chi connectivity index (χ1n) is 7.76. The first-order valence-corrected chi connectivity index (χ1v) is 7.76. The van der Waals surface area contributed by atoms with Gasteiger partial charge in [-0.05, 0) is 64.5 Å². The third-order valence-corrected chi connectivity index (χ3v) is 4.71. The Morgan fingerprint density at radius 3 is 2.74 bits per heavy atom. The molecule has 2 unspecified atom stereocenters. The number of carboxylic acid groups (broad SMARTS) is 1. The maximum atomic E-state index is 11.7. The van der Waals surface area contributed by atoms with E-state index in [-0.39, 0.29) is 0 Å². The molecule has 0 bridgehead atoms. The minimum Gasteiger partial charge on any atom is -0.480 e. The van der Waals surface area contributed by atoms with Crippen LogP contribution in [0, 0.1) is 5.92 Å². The minimum atomic E-state index is -0.684. The van der Waals surface area contributed by atoms with Gasteiger partial charge < -0.3 is 15.3 Å². The van der Waals surface area contributed by atoms with Crippen molar-refractivity contribution in [2.24, 2.45) is 5.92 Å². The van der Waals surface area contributed by atoms with Crippen molar-refractivity contribution in [2.75, 3.05) is 20.1 Å². The molecule has 2 rings (SSSR count). The second kappa shape index (κ2) is 6.23. The Hall–Kier alpha value is -0.610. The zero-order chi connectivity index (χ0) is 13.9. The standard InChI is InChI=1S/C15H28N2O2/c1-3-9-16-15(14(18)19)8-4-5-13(10-15)17(2)11-12-6-7-12/h12-13,16H,3-11H2,1-2H3,(H,18,19). The van der Waals surface area contributed by atoms with Crippen LogP contribution in [0.4, 0.5) is 0 Å². The summed E-state index contributed by atoms with van der Waals surface area (Å²) in [5, 5.41) is 12.9. The molecule has 110 valence electrons. The smallest absolute Gasteiger partial charge is 0.323 e. The number of carboxylic acids is 1. The Morgan fingerprint density at radius 2 is 2.16 bits per heavy atom. The van der Waals surface area contributed by atoms with E-state index >= 15 is 0 Å². The number of nitrogens with zero attached hydrogens (tertiary/aromatic N) is 1. The Kier molecular flexibility index (Phi) is 4.85. The lowest BCUT2D eigenvalue weighted by Crippen LogP contribution is -2.58. The summed E-state index contributed by atoms with van der Waals surface area (Å²) in [5.74, 6) is 0.209. The lowest BCUT2D eigenvalue weighted by atomic mass is 9.78. The van der Waals surface area contributed by atoms with Crippen LogP contribution >= 0.6 is 0 Å². The fourth-order valence-electron chi connectivity index (χ4n) is 3.27. The van der Waals surface area contributed by atoms with Crippen molar-refractivity contribution in [3.8, 4) is 0 Å². The number of carbonyl (C=O) groups is 1. The number of rotatable bonds is 7. The van der Waals surface area contributed by atoms with Crippen molar-refractivity contribution in [1.29, 1.82) is 0 Å². The summed E-state index contributed by atoms with van der Waals surface area (Å²) in [5.41, 5.74) is -0.684. The predicted molar refractivity (Wildman–Crippen MR) is 76.3 cm³/mol. The first-order chi connectivity index (χ1) is 9.07. The normalized spacial score (nSPS) is 31.6. The molecule has 0 aromatic carbocycles. The van der Waals surface area contributed by atoms with Gasteiger partial charge in [-0.1, -0.05) is 6.92 Å². The third-order valence-electron chi connectivity index (χ3n) is 4.71. The molecule has 0 radical (unpaired) electrons. The van der Waals surface area contributed by atoms with Crippen LogP contribution in [-0.2, 0) is 4.79 Å².